The van der Waals surface area contributed by atoms with Crippen molar-refractivity contribution in [2.75, 3.05) is 19.6 Å². The Labute approximate surface area is 114 Å². The zero-order valence-electron chi connectivity index (χ0n) is 11.6. The number of phenols is 1. The molecule has 19 heavy (non-hydrogen) atoms. The van der Waals surface area contributed by atoms with E-state index in [9.17, 15) is 9.90 Å². The van der Waals surface area contributed by atoms with Crippen LogP contribution in [-0.2, 0) is 0 Å². The Balaban J connectivity index is 2.03. The van der Waals surface area contributed by atoms with E-state index in [-0.39, 0.29) is 11.7 Å². The van der Waals surface area contributed by atoms with E-state index in [2.05, 4.69) is 12.2 Å². The molecule has 1 amide bonds. The minimum absolute atomic E-state index is 0.0591. The van der Waals surface area contributed by atoms with Gasteiger partial charge in [0.25, 0.3) is 5.91 Å². The molecule has 1 aromatic carbocycles. The predicted molar refractivity (Wildman–Crippen MR) is 75.4 cm³/mol. The lowest BCUT2D eigenvalue weighted by molar-refractivity contribution is 0.0702. The average molecular weight is 262 g/mol. The summed E-state index contributed by atoms with van der Waals surface area (Å²) in [4.78, 5) is 14.2. The monoisotopic (exact) mass is 262 g/mol. The van der Waals surface area contributed by atoms with Crippen molar-refractivity contribution in [3.8, 4) is 5.75 Å². The summed E-state index contributed by atoms with van der Waals surface area (Å²) in [6.45, 7) is 6.39. The second-order valence-electron chi connectivity index (χ2n) is 5.10. The van der Waals surface area contributed by atoms with Gasteiger partial charge in [-0.1, -0.05) is 19.1 Å². The number of phenolic OH excluding ortho intramolecular Hbond substituents is 1. The van der Waals surface area contributed by atoms with Crippen LogP contribution in [0.5, 0.6) is 5.75 Å². The van der Waals surface area contributed by atoms with E-state index < -0.39 is 0 Å². The van der Waals surface area contributed by atoms with Gasteiger partial charge in [0.1, 0.15) is 5.75 Å². The maximum atomic E-state index is 12.4. The molecule has 0 spiro atoms. The fourth-order valence-electron chi connectivity index (χ4n) is 2.58. The van der Waals surface area contributed by atoms with Crippen LogP contribution in [-0.4, -0.2) is 41.6 Å². The summed E-state index contributed by atoms with van der Waals surface area (Å²) in [7, 11) is 0. The lowest BCUT2D eigenvalue weighted by Gasteiger charge is -2.32. The molecule has 1 saturated heterocycles. The number of aryl methyl sites for hydroxylation is 1. The first kappa shape index (κ1) is 13.9. The van der Waals surface area contributed by atoms with Gasteiger partial charge < -0.3 is 15.3 Å². The molecule has 1 fully saturated rings. The average Bonchev–Trinajstić information content (AvgIpc) is 2.42. The Kier molecular flexibility index (Phi) is 4.43. The largest absolute Gasteiger partial charge is 0.507 e. The molecule has 2 N–H and O–H groups in total. The molecular formula is C15H22N2O2. The number of hydrogen-bond acceptors (Lipinski definition) is 3. The molecule has 0 aromatic heterocycles. The van der Waals surface area contributed by atoms with E-state index in [0.29, 0.717) is 11.6 Å². The van der Waals surface area contributed by atoms with Crippen molar-refractivity contribution in [3.05, 3.63) is 29.3 Å². The van der Waals surface area contributed by atoms with Crippen LogP contribution in [0, 0.1) is 6.92 Å². The molecule has 2 rings (SSSR count). The molecule has 1 aromatic rings. The summed E-state index contributed by atoms with van der Waals surface area (Å²) in [6.07, 6.45) is 1.96. The van der Waals surface area contributed by atoms with Gasteiger partial charge in [0.2, 0.25) is 0 Å². The number of nitrogens with one attached hydrogen (secondary N) is 1. The molecule has 104 valence electrons. The normalized spacial score (nSPS) is 16.6. The molecule has 1 heterocycles. The first-order valence-electron chi connectivity index (χ1n) is 6.94. The van der Waals surface area contributed by atoms with Gasteiger partial charge >= 0.3 is 0 Å². The van der Waals surface area contributed by atoms with Gasteiger partial charge in [-0.25, -0.2) is 0 Å². The van der Waals surface area contributed by atoms with Crippen LogP contribution in [0.2, 0.25) is 0 Å². The van der Waals surface area contributed by atoms with Crippen molar-refractivity contribution in [2.24, 2.45) is 0 Å². The highest BCUT2D eigenvalue weighted by atomic mass is 16.3. The molecule has 4 nitrogen and oxygen atoms in total. The molecule has 1 aliphatic heterocycles. The summed E-state index contributed by atoms with van der Waals surface area (Å²) in [6, 6.07) is 5.83. The van der Waals surface area contributed by atoms with Crippen molar-refractivity contribution in [3.63, 3.8) is 0 Å². The quantitative estimate of drug-likeness (QED) is 0.875. The van der Waals surface area contributed by atoms with Gasteiger partial charge in [-0.3, -0.25) is 4.79 Å². The first-order chi connectivity index (χ1) is 9.13. The number of likely N-dealkylation sites (tertiary alicyclic amines) is 1. The number of rotatable bonds is 3. The molecule has 0 bridgehead atoms. The van der Waals surface area contributed by atoms with Crippen molar-refractivity contribution in [2.45, 2.75) is 32.7 Å². The topological polar surface area (TPSA) is 52.6 Å². The number of hydrogen-bond donors (Lipinski definition) is 2. The van der Waals surface area contributed by atoms with E-state index in [1.165, 1.54) is 0 Å². The predicted octanol–water partition coefficient (Wildman–Crippen LogP) is 1.91. The van der Waals surface area contributed by atoms with Crippen LogP contribution in [0.25, 0.3) is 0 Å². The van der Waals surface area contributed by atoms with Crippen LogP contribution < -0.4 is 5.32 Å². The van der Waals surface area contributed by atoms with E-state index in [1.54, 1.807) is 6.07 Å². The highest BCUT2D eigenvalue weighted by molar-refractivity contribution is 5.97. The Bertz CT molecular complexity index is 451. The van der Waals surface area contributed by atoms with Gasteiger partial charge in [-0.05, 0) is 37.9 Å². The highest BCUT2D eigenvalue weighted by Gasteiger charge is 2.24. The van der Waals surface area contributed by atoms with Crippen molar-refractivity contribution in [1.29, 1.82) is 0 Å². The zero-order valence-corrected chi connectivity index (χ0v) is 11.6. The SMILES string of the molecule is CCNC1CCN(C(=O)c2cccc(C)c2O)CC1. The Morgan fingerprint density at radius 1 is 1.42 bits per heavy atom. The van der Waals surface area contributed by atoms with Gasteiger partial charge in [-0.15, -0.1) is 0 Å². The maximum absolute atomic E-state index is 12.4. The van der Waals surface area contributed by atoms with Crippen LogP contribution in [0.4, 0.5) is 0 Å². The van der Waals surface area contributed by atoms with Gasteiger partial charge in [0.05, 0.1) is 5.56 Å². The molecule has 4 heteroatoms. The van der Waals surface area contributed by atoms with E-state index in [4.69, 9.17) is 0 Å². The third-order valence-corrected chi connectivity index (χ3v) is 3.74. The second kappa shape index (κ2) is 6.06. The Hall–Kier alpha value is -1.55. The van der Waals surface area contributed by atoms with Crippen LogP contribution >= 0.6 is 0 Å². The minimum Gasteiger partial charge on any atom is -0.507 e. The summed E-state index contributed by atoms with van der Waals surface area (Å²) < 4.78 is 0. The molecule has 0 saturated carbocycles. The number of piperidine rings is 1. The number of nitrogens with zero attached hydrogens (tertiary/aromatic N) is 1. The Morgan fingerprint density at radius 2 is 2.11 bits per heavy atom. The van der Waals surface area contributed by atoms with E-state index in [0.717, 1.165) is 38.0 Å². The highest BCUT2D eigenvalue weighted by Crippen LogP contribution is 2.24. The second-order valence-corrected chi connectivity index (χ2v) is 5.10. The summed E-state index contributed by atoms with van der Waals surface area (Å²) in [5.74, 6) is 0.0532. The number of carbonyl (C=O) groups is 1. The molecule has 0 aliphatic carbocycles. The summed E-state index contributed by atoms with van der Waals surface area (Å²) in [5.41, 5.74) is 1.16. The third-order valence-electron chi connectivity index (χ3n) is 3.74. The standard InChI is InChI=1S/C15H22N2O2/c1-3-16-12-7-9-17(10-8-12)15(19)13-6-4-5-11(2)14(13)18/h4-6,12,16,18H,3,7-10H2,1-2H3. The van der Waals surface area contributed by atoms with Crippen molar-refractivity contribution >= 4 is 5.91 Å². The fraction of sp³-hybridized carbons (Fsp3) is 0.533. The van der Waals surface area contributed by atoms with Gasteiger partial charge in [0.15, 0.2) is 0 Å². The summed E-state index contributed by atoms with van der Waals surface area (Å²) >= 11 is 0. The molecule has 0 unspecified atom stereocenters. The number of benzene rings is 1. The van der Waals surface area contributed by atoms with Gasteiger partial charge in [0, 0.05) is 19.1 Å². The number of para-hydroxylation sites is 1. The van der Waals surface area contributed by atoms with E-state index in [1.807, 2.05) is 24.0 Å². The number of aromatic hydroxyl groups is 1. The number of amides is 1. The fourth-order valence-corrected chi connectivity index (χ4v) is 2.58. The molecule has 1 aliphatic rings. The smallest absolute Gasteiger partial charge is 0.257 e. The molecule has 0 atom stereocenters. The lowest BCUT2D eigenvalue weighted by Crippen LogP contribution is -2.44. The van der Waals surface area contributed by atoms with Gasteiger partial charge in [-0.2, -0.15) is 0 Å². The zero-order chi connectivity index (χ0) is 13.8. The minimum atomic E-state index is -0.0591. The van der Waals surface area contributed by atoms with Crippen LogP contribution in [0.3, 0.4) is 0 Å². The molecular weight excluding hydrogens is 240 g/mol. The van der Waals surface area contributed by atoms with E-state index >= 15 is 0 Å². The van der Waals surface area contributed by atoms with Crippen molar-refractivity contribution < 1.29 is 9.90 Å². The third kappa shape index (κ3) is 3.07. The maximum Gasteiger partial charge on any atom is 0.257 e. The Morgan fingerprint density at radius 3 is 2.74 bits per heavy atom. The molecule has 0 radical (unpaired) electrons. The van der Waals surface area contributed by atoms with Crippen molar-refractivity contribution in [1.82, 2.24) is 10.2 Å². The first-order valence-corrected chi connectivity index (χ1v) is 6.94. The lowest BCUT2D eigenvalue weighted by atomic mass is 10.0. The number of carbonyl (C=O) groups excluding carboxylic acids is 1. The van der Waals surface area contributed by atoms with Crippen LogP contribution in [0.15, 0.2) is 18.2 Å². The van der Waals surface area contributed by atoms with Crippen LogP contribution in [0.1, 0.15) is 35.7 Å². The summed E-state index contributed by atoms with van der Waals surface area (Å²) in [5, 5.41) is 13.4.